The molecule has 0 saturated heterocycles. The highest BCUT2D eigenvalue weighted by Gasteiger charge is 2.09. The van der Waals surface area contributed by atoms with Crippen molar-refractivity contribution < 1.29 is 13.2 Å². The maximum absolute atomic E-state index is 14.5. The second kappa shape index (κ2) is 7.85. The first kappa shape index (κ1) is 18.8. The minimum atomic E-state index is -0.503. The summed E-state index contributed by atoms with van der Waals surface area (Å²) in [5.41, 5.74) is 2.67. The van der Waals surface area contributed by atoms with E-state index in [1.54, 1.807) is 36.4 Å². The van der Waals surface area contributed by atoms with Gasteiger partial charge in [-0.05, 0) is 70.8 Å². The number of halogens is 3. The highest BCUT2D eigenvalue weighted by molar-refractivity contribution is 5.84. The molecule has 0 fully saturated rings. The highest BCUT2D eigenvalue weighted by Crippen LogP contribution is 2.26. The number of hydrogen-bond acceptors (Lipinski definition) is 0. The van der Waals surface area contributed by atoms with Gasteiger partial charge in [-0.15, -0.1) is 0 Å². The van der Waals surface area contributed by atoms with Crippen molar-refractivity contribution in [3.05, 3.63) is 107 Å². The van der Waals surface area contributed by atoms with E-state index in [-0.39, 0.29) is 17.2 Å². The van der Waals surface area contributed by atoms with Crippen LogP contribution in [0.4, 0.5) is 13.2 Å². The number of fused-ring (bicyclic) bond motifs is 1. The van der Waals surface area contributed by atoms with Gasteiger partial charge in [0.1, 0.15) is 17.5 Å². The van der Waals surface area contributed by atoms with Crippen molar-refractivity contribution in [1.82, 2.24) is 0 Å². The molecule has 0 aliphatic carbocycles. The molecular weight excluding hydrogens is 369 g/mol. The summed E-state index contributed by atoms with van der Waals surface area (Å²) >= 11 is 0. The van der Waals surface area contributed by atoms with Crippen molar-refractivity contribution in [2.75, 3.05) is 0 Å². The fourth-order valence-electron chi connectivity index (χ4n) is 3.23. The molecule has 3 heteroatoms. The van der Waals surface area contributed by atoms with E-state index >= 15 is 0 Å². The molecule has 29 heavy (non-hydrogen) atoms. The van der Waals surface area contributed by atoms with Crippen LogP contribution in [0.1, 0.15) is 23.6 Å². The average Bonchev–Trinajstić information content (AvgIpc) is 2.72. The molecule has 0 heterocycles. The average molecular weight is 386 g/mol. The summed E-state index contributed by atoms with van der Waals surface area (Å²) < 4.78 is 42.1. The lowest BCUT2D eigenvalue weighted by Gasteiger charge is -2.06. The van der Waals surface area contributed by atoms with E-state index in [1.165, 1.54) is 24.3 Å². The van der Waals surface area contributed by atoms with Crippen molar-refractivity contribution in [1.29, 1.82) is 0 Å². The lowest BCUT2D eigenvalue weighted by molar-refractivity contribution is 0.621. The van der Waals surface area contributed by atoms with Crippen LogP contribution in [-0.2, 0) is 6.42 Å². The van der Waals surface area contributed by atoms with Crippen LogP contribution < -0.4 is 0 Å². The standard InChI is InChI=1S/C26H17F3/c1-2-17-5-12-24(26(29)14-17)22-9-8-19(25(28)16-22)6-3-18-4-7-21-15-23(27)11-10-20(21)13-18/h4-5,7-16H,2H2,1H3. The predicted molar refractivity (Wildman–Crippen MR) is 111 cm³/mol. The fourth-order valence-corrected chi connectivity index (χ4v) is 3.23. The summed E-state index contributed by atoms with van der Waals surface area (Å²) in [6.45, 7) is 1.95. The van der Waals surface area contributed by atoms with Gasteiger partial charge in [0.15, 0.2) is 0 Å². The third-order valence-corrected chi connectivity index (χ3v) is 4.87. The monoisotopic (exact) mass is 386 g/mol. The summed E-state index contributed by atoms with van der Waals surface area (Å²) in [7, 11) is 0. The van der Waals surface area contributed by atoms with Crippen molar-refractivity contribution >= 4 is 10.8 Å². The summed E-state index contributed by atoms with van der Waals surface area (Å²) in [5, 5.41) is 1.64. The molecule has 0 bridgehead atoms. The Morgan fingerprint density at radius 2 is 1.48 bits per heavy atom. The van der Waals surface area contributed by atoms with Gasteiger partial charge in [-0.1, -0.05) is 49.1 Å². The maximum atomic E-state index is 14.5. The van der Waals surface area contributed by atoms with E-state index in [4.69, 9.17) is 0 Å². The normalized spacial score (nSPS) is 10.6. The Morgan fingerprint density at radius 1 is 0.690 bits per heavy atom. The number of aryl methyl sites for hydroxylation is 1. The van der Waals surface area contributed by atoms with Crippen LogP contribution in [0.25, 0.3) is 21.9 Å². The van der Waals surface area contributed by atoms with Crippen molar-refractivity contribution in [2.24, 2.45) is 0 Å². The Morgan fingerprint density at radius 3 is 2.24 bits per heavy atom. The van der Waals surface area contributed by atoms with Crippen LogP contribution in [0, 0.1) is 29.3 Å². The Balaban J connectivity index is 1.64. The van der Waals surface area contributed by atoms with Gasteiger partial charge in [-0.3, -0.25) is 0 Å². The van der Waals surface area contributed by atoms with E-state index in [9.17, 15) is 13.2 Å². The molecule has 0 aromatic heterocycles. The largest absolute Gasteiger partial charge is 0.207 e. The van der Waals surface area contributed by atoms with Gasteiger partial charge in [0.25, 0.3) is 0 Å². The van der Waals surface area contributed by atoms with E-state index in [0.29, 0.717) is 16.7 Å². The number of benzene rings is 4. The van der Waals surface area contributed by atoms with Gasteiger partial charge in [0.2, 0.25) is 0 Å². The van der Waals surface area contributed by atoms with Gasteiger partial charge in [-0.25, -0.2) is 13.2 Å². The molecular formula is C26H17F3. The summed E-state index contributed by atoms with van der Waals surface area (Å²) in [5.74, 6) is 4.60. The first-order valence-electron chi connectivity index (χ1n) is 9.33. The topological polar surface area (TPSA) is 0 Å². The van der Waals surface area contributed by atoms with Gasteiger partial charge in [-0.2, -0.15) is 0 Å². The molecule has 0 nitrogen and oxygen atoms in total. The van der Waals surface area contributed by atoms with E-state index in [1.807, 2.05) is 19.1 Å². The van der Waals surface area contributed by atoms with Crippen molar-refractivity contribution in [3.8, 4) is 23.0 Å². The van der Waals surface area contributed by atoms with Crippen LogP contribution in [0.15, 0.2) is 72.8 Å². The zero-order chi connectivity index (χ0) is 20.4. The second-order valence-corrected chi connectivity index (χ2v) is 6.82. The molecule has 0 N–H and O–H groups in total. The fraction of sp³-hybridized carbons (Fsp3) is 0.0769. The van der Waals surface area contributed by atoms with Crippen LogP contribution >= 0.6 is 0 Å². The Bertz CT molecular complexity index is 1280. The summed E-state index contributed by atoms with van der Waals surface area (Å²) in [6.07, 6.45) is 0.740. The van der Waals surface area contributed by atoms with E-state index in [0.717, 1.165) is 22.8 Å². The molecule has 0 aliphatic rings. The quantitative estimate of drug-likeness (QED) is 0.329. The van der Waals surface area contributed by atoms with Crippen molar-refractivity contribution in [3.63, 3.8) is 0 Å². The molecule has 0 spiro atoms. The Labute approximate surface area is 167 Å². The van der Waals surface area contributed by atoms with Crippen molar-refractivity contribution in [2.45, 2.75) is 13.3 Å². The van der Waals surface area contributed by atoms with Crippen LogP contribution in [-0.4, -0.2) is 0 Å². The third kappa shape index (κ3) is 4.02. The first-order valence-corrected chi connectivity index (χ1v) is 9.33. The van der Waals surface area contributed by atoms with Crippen LogP contribution in [0.5, 0.6) is 0 Å². The van der Waals surface area contributed by atoms with E-state index in [2.05, 4.69) is 11.8 Å². The van der Waals surface area contributed by atoms with E-state index < -0.39 is 5.82 Å². The van der Waals surface area contributed by atoms with Crippen LogP contribution in [0.3, 0.4) is 0 Å². The minimum Gasteiger partial charge on any atom is -0.207 e. The van der Waals surface area contributed by atoms with Gasteiger partial charge in [0.05, 0.1) is 5.56 Å². The summed E-state index contributed by atoms with van der Waals surface area (Å²) in [4.78, 5) is 0. The molecule has 142 valence electrons. The Kier molecular flexibility index (Phi) is 5.10. The number of hydrogen-bond donors (Lipinski definition) is 0. The second-order valence-electron chi connectivity index (χ2n) is 6.82. The van der Waals surface area contributed by atoms with Gasteiger partial charge in [0, 0.05) is 11.1 Å². The molecule has 0 amide bonds. The first-order chi connectivity index (χ1) is 14.0. The van der Waals surface area contributed by atoms with Gasteiger partial charge < -0.3 is 0 Å². The molecule has 0 radical (unpaired) electrons. The molecule has 0 unspecified atom stereocenters. The number of rotatable bonds is 2. The highest BCUT2D eigenvalue weighted by atomic mass is 19.1. The minimum absolute atomic E-state index is 0.235. The predicted octanol–water partition coefficient (Wildman–Crippen LogP) is 6.89. The molecule has 0 atom stereocenters. The third-order valence-electron chi connectivity index (χ3n) is 4.87. The smallest absolute Gasteiger partial charge is 0.139 e. The molecule has 4 rings (SSSR count). The zero-order valence-corrected chi connectivity index (χ0v) is 15.8. The lowest BCUT2D eigenvalue weighted by Crippen LogP contribution is -1.91. The maximum Gasteiger partial charge on any atom is 0.139 e. The van der Waals surface area contributed by atoms with Gasteiger partial charge >= 0.3 is 0 Å². The summed E-state index contributed by atoms with van der Waals surface area (Å²) in [6, 6.07) is 19.4. The molecule has 4 aromatic carbocycles. The molecule has 4 aromatic rings. The Hall–Kier alpha value is -3.51. The molecule has 0 aliphatic heterocycles. The van der Waals surface area contributed by atoms with Crippen LogP contribution in [0.2, 0.25) is 0 Å². The lowest BCUT2D eigenvalue weighted by atomic mass is 10.0. The zero-order valence-electron chi connectivity index (χ0n) is 15.8. The SMILES string of the molecule is CCc1ccc(-c2ccc(C#Cc3ccc4cc(F)ccc4c3)c(F)c2)c(F)c1. The molecule has 0 saturated carbocycles.